The molecule has 1 aliphatic rings. The lowest BCUT2D eigenvalue weighted by atomic mass is 10.1. The Balaban J connectivity index is 2.04. The lowest BCUT2D eigenvalue weighted by molar-refractivity contribution is 0.0937. The highest BCUT2D eigenvalue weighted by Crippen LogP contribution is 2.28. The minimum absolute atomic E-state index is 0.0307. The van der Waals surface area contributed by atoms with Crippen LogP contribution in [0.4, 0.5) is 14.5 Å². The van der Waals surface area contributed by atoms with Gasteiger partial charge in [-0.2, -0.15) is 11.8 Å². The first-order valence-corrected chi connectivity index (χ1v) is 7.38. The van der Waals surface area contributed by atoms with Gasteiger partial charge in [0.05, 0.1) is 0 Å². The van der Waals surface area contributed by atoms with Gasteiger partial charge in [-0.25, -0.2) is 8.78 Å². The molecule has 0 aliphatic heterocycles. The highest BCUT2D eigenvalue weighted by atomic mass is 32.2. The van der Waals surface area contributed by atoms with Crippen LogP contribution in [0.25, 0.3) is 0 Å². The summed E-state index contributed by atoms with van der Waals surface area (Å²) in [5, 5.41) is 3.35. The molecular weight excluding hydrogens is 270 g/mol. The molecule has 0 aromatic heterocycles. The number of hydrogen-bond donors (Lipinski definition) is 2. The Morgan fingerprint density at radius 1 is 1.37 bits per heavy atom. The molecule has 6 heteroatoms. The number of halogens is 2. The monoisotopic (exact) mass is 286 g/mol. The van der Waals surface area contributed by atoms with Crippen molar-refractivity contribution in [1.82, 2.24) is 5.32 Å². The number of nitrogens with two attached hydrogens (primary N) is 1. The van der Waals surface area contributed by atoms with Crippen molar-refractivity contribution in [1.29, 1.82) is 0 Å². The van der Waals surface area contributed by atoms with Crippen molar-refractivity contribution in [3.05, 3.63) is 29.3 Å². The van der Waals surface area contributed by atoms with Crippen molar-refractivity contribution >= 4 is 23.4 Å². The normalized spacial score (nSPS) is 22.5. The highest BCUT2D eigenvalue weighted by molar-refractivity contribution is 7.99. The van der Waals surface area contributed by atoms with Gasteiger partial charge in [0, 0.05) is 16.9 Å². The molecule has 2 rings (SSSR count). The molecule has 3 nitrogen and oxygen atoms in total. The number of carbonyl (C=O) groups excluding carboxylic acids is 1. The number of anilines is 1. The van der Waals surface area contributed by atoms with Crippen molar-refractivity contribution in [2.75, 3.05) is 12.0 Å². The molecule has 19 heavy (non-hydrogen) atoms. The smallest absolute Gasteiger partial charge is 0.251 e. The molecule has 0 saturated heterocycles. The molecule has 2 atom stereocenters. The van der Waals surface area contributed by atoms with E-state index in [9.17, 15) is 13.6 Å². The van der Waals surface area contributed by atoms with E-state index in [1.54, 1.807) is 11.8 Å². The standard InChI is InChI=1S/C13H16F2N2OS/c1-19-9-3-2-8(6-9)17-13(18)7-4-10(14)12(16)11(15)5-7/h4-5,8-9H,2-3,6,16H2,1H3,(H,17,18). The summed E-state index contributed by atoms with van der Waals surface area (Å²) in [4.78, 5) is 11.9. The summed E-state index contributed by atoms with van der Waals surface area (Å²) in [7, 11) is 0. The third-order valence-electron chi connectivity index (χ3n) is 3.39. The van der Waals surface area contributed by atoms with Crippen LogP contribution in [0.15, 0.2) is 12.1 Å². The van der Waals surface area contributed by atoms with Crippen LogP contribution in [0.5, 0.6) is 0 Å². The van der Waals surface area contributed by atoms with Gasteiger partial charge in [0.15, 0.2) is 0 Å². The summed E-state index contributed by atoms with van der Waals surface area (Å²) in [6.07, 6.45) is 4.89. The van der Waals surface area contributed by atoms with E-state index in [0.29, 0.717) is 5.25 Å². The van der Waals surface area contributed by atoms with Crippen molar-refractivity contribution in [3.63, 3.8) is 0 Å². The van der Waals surface area contributed by atoms with Crippen molar-refractivity contribution < 1.29 is 13.6 Å². The predicted octanol–water partition coefficient (Wildman–Crippen LogP) is 2.56. The van der Waals surface area contributed by atoms with Crippen LogP contribution in [-0.4, -0.2) is 23.5 Å². The zero-order valence-corrected chi connectivity index (χ0v) is 11.4. The Bertz CT molecular complexity index is 473. The van der Waals surface area contributed by atoms with Gasteiger partial charge in [0.2, 0.25) is 0 Å². The summed E-state index contributed by atoms with van der Waals surface area (Å²) in [6.45, 7) is 0. The van der Waals surface area contributed by atoms with Gasteiger partial charge in [0.25, 0.3) is 5.91 Å². The van der Waals surface area contributed by atoms with Crippen LogP contribution < -0.4 is 11.1 Å². The van der Waals surface area contributed by atoms with Gasteiger partial charge in [-0.15, -0.1) is 0 Å². The van der Waals surface area contributed by atoms with Gasteiger partial charge in [-0.1, -0.05) is 0 Å². The molecule has 0 heterocycles. The van der Waals surface area contributed by atoms with Crippen molar-refractivity contribution in [2.45, 2.75) is 30.6 Å². The van der Waals surface area contributed by atoms with Gasteiger partial charge in [-0.3, -0.25) is 4.79 Å². The molecule has 1 fully saturated rings. The molecule has 1 amide bonds. The Morgan fingerprint density at radius 2 is 2.00 bits per heavy atom. The maximum atomic E-state index is 13.3. The molecular formula is C13H16F2N2OS. The van der Waals surface area contributed by atoms with Crippen molar-refractivity contribution in [2.24, 2.45) is 0 Å². The van der Waals surface area contributed by atoms with E-state index >= 15 is 0 Å². The zero-order valence-electron chi connectivity index (χ0n) is 10.6. The summed E-state index contributed by atoms with van der Waals surface area (Å²) < 4.78 is 26.6. The van der Waals surface area contributed by atoms with E-state index in [4.69, 9.17) is 5.73 Å². The molecule has 0 radical (unpaired) electrons. The number of carbonyl (C=O) groups is 1. The maximum absolute atomic E-state index is 13.3. The van der Waals surface area contributed by atoms with E-state index in [-0.39, 0.29) is 11.6 Å². The maximum Gasteiger partial charge on any atom is 0.251 e. The minimum atomic E-state index is -0.904. The van der Waals surface area contributed by atoms with Crippen LogP contribution in [-0.2, 0) is 0 Å². The van der Waals surface area contributed by atoms with E-state index in [1.807, 2.05) is 6.26 Å². The first-order valence-electron chi connectivity index (χ1n) is 6.09. The third-order valence-corrected chi connectivity index (χ3v) is 4.49. The van der Waals surface area contributed by atoms with Crippen LogP contribution in [0.3, 0.4) is 0 Å². The quantitative estimate of drug-likeness (QED) is 0.840. The van der Waals surface area contributed by atoms with Gasteiger partial charge in [0.1, 0.15) is 17.3 Å². The Kier molecular flexibility index (Phi) is 4.29. The summed E-state index contributed by atoms with van der Waals surface area (Å²) in [5.41, 5.74) is 4.58. The number of thioether (sulfide) groups is 1. The third kappa shape index (κ3) is 3.18. The van der Waals surface area contributed by atoms with E-state index in [0.717, 1.165) is 31.4 Å². The molecule has 1 aliphatic carbocycles. The first-order chi connectivity index (χ1) is 9.01. The second-order valence-electron chi connectivity index (χ2n) is 4.69. The first kappa shape index (κ1) is 14.1. The Hall–Kier alpha value is -1.30. The van der Waals surface area contributed by atoms with E-state index < -0.39 is 23.2 Å². The number of rotatable bonds is 3. The second kappa shape index (κ2) is 5.77. The van der Waals surface area contributed by atoms with Crippen LogP contribution in [0, 0.1) is 11.6 Å². The number of hydrogen-bond acceptors (Lipinski definition) is 3. The zero-order chi connectivity index (χ0) is 14.0. The summed E-state index contributed by atoms with van der Waals surface area (Å²) in [5.74, 6) is -2.26. The number of benzene rings is 1. The van der Waals surface area contributed by atoms with Gasteiger partial charge >= 0.3 is 0 Å². The summed E-state index contributed by atoms with van der Waals surface area (Å²) >= 11 is 1.78. The molecule has 1 saturated carbocycles. The highest BCUT2D eigenvalue weighted by Gasteiger charge is 2.25. The van der Waals surface area contributed by atoms with Gasteiger partial charge in [-0.05, 0) is 37.7 Å². The lowest BCUT2D eigenvalue weighted by Crippen LogP contribution is -2.33. The fourth-order valence-corrected chi connectivity index (χ4v) is 3.07. The van der Waals surface area contributed by atoms with Crippen molar-refractivity contribution in [3.8, 4) is 0 Å². The number of nitrogen functional groups attached to an aromatic ring is 1. The average molecular weight is 286 g/mol. The fraction of sp³-hybridized carbons (Fsp3) is 0.462. The van der Waals surface area contributed by atoms with E-state index in [1.165, 1.54) is 0 Å². The Morgan fingerprint density at radius 3 is 2.53 bits per heavy atom. The molecule has 0 spiro atoms. The largest absolute Gasteiger partial charge is 0.394 e. The molecule has 1 aromatic carbocycles. The lowest BCUT2D eigenvalue weighted by Gasteiger charge is -2.13. The molecule has 3 N–H and O–H groups in total. The number of nitrogens with one attached hydrogen (secondary N) is 1. The Labute approximate surface area is 114 Å². The average Bonchev–Trinajstić information content (AvgIpc) is 2.83. The SMILES string of the molecule is CSC1CCC(NC(=O)c2cc(F)c(N)c(F)c2)C1. The molecule has 2 unspecified atom stereocenters. The predicted molar refractivity (Wildman–Crippen MR) is 73.2 cm³/mol. The van der Waals surface area contributed by atoms with E-state index in [2.05, 4.69) is 5.32 Å². The van der Waals surface area contributed by atoms with Crippen LogP contribution >= 0.6 is 11.8 Å². The number of amides is 1. The topological polar surface area (TPSA) is 55.1 Å². The summed E-state index contributed by atoms with van der Waals surface area (Å²) in [6, 6.07) is 2.01. The fourth-order valence-electron chi connectivity index (χ4n) is 2.27. The van der Waals surface area contributed by atoms with Crippen LogP contribution in [0.2, 0.25) is 0 Å². The molecule has 104 valence electrons. The van der Waals surface area contributed by atoms with Crippen LogP contribution in [0.1, 0.15) is 29.6 Å². The molecule has 1 aromatic rings. The van der Waals surface area contributed by atoms with Gasteiger partial charge < -0.3 is 11.1 Å². The minimum Gasteiger partial charge on any atom is -0.394 e. The second-order valence-corrected chi connectivity index (χ2v) is 5.83. The molecule has 0 bridgehead atoms.